The third-order valence-electron chi connectivity index (χ3n) is 3.12. The van der Waals surface area contributed by atoms with E-state index >= 15 is 0 Å². The smallest absolute Gasteiger partial charge is 0.410 e. The molecule has 1 amide bonds. The number of carbonyl (C=O) groups excluding carboxylic acids is 2. The van der Waals surface area contributed by atoms with Crippen molar-refractivity contribution in [2.45, 2.75) is 38.8 Å². The molecule has 0 saturated carbocycles. The maximum absolute atomic E-state index is 12.3. The Hall–Kier alpha value is -1.11. The van der Waals surface area contributed by atoms with Gasteiger partial charge in [-0.3, -0.25) is 4.79 Å². The molecule has 122 valence electrons. The van der Waals surface area contributed by atoms with E-state index < -0.39 is 11.7 Å². The van der Waals surface area contributed by atoms with E-state index in [2.05, 4.69) is 0 Å². The number of thiophene rings is 1. The molecule has 1 aliphatic rings. The lowest BCUT2D eigenvalue weighted by Gasteiger charge is -2.36. The van der Waals surface area contributed by atoms with Crippen LogP contribution in [-0.2, 0) is 9.47 Å². The zero-order valence-corrected chi connectivity index (χ0v) is 14.5. The van der Waals surface area contributed by atoms with Crippen molar-refractivity contribution in [3.63, 3.8) is 0 Å². The summed E-state index contributed by atoms with van der Waals surface area (Å²) in [6, 6.07) is 3.09. The molecule has 1 unspecified atom stereocenters. The zero-order chi connectivity index (χ0) is 16.3. The van der Waals surface area contributed by atoms with Gasteiger partial charge in [0.15, 0.2) is 5.78 Å². The minimum atomic E-state index is -0.564. The third kappa shape index (κ3) is 4.69. The van der Waals surface area contributed by atoms with Crippen LogP contribution >= 0.6 is 22.9 Å². The molecule has 1 fully saturated rings. The number of ether oxygens (including phenoxy) is 2. The van der Waals surface area contributed by atoms with Crippen molar-refractivity contribution >= 4 is 34.8 Å². The van der Waals surface area contributed by atoms with Crippen LogP contribution < -0.4 is 0 Å². The molecule has 0 aliphatic carbocycles. The number of rotatable bonds is 3. The van der Waals surface area contributed by atoms with Crippen LogP contribution in [0.25, 0.3) is 0 Å². The van der Waals surface area contributed by atoms with Gasteiger partial charge in [-0.05, 0) is 32.9 Å². The summed E-state index contributed by atoms with van der Waals surface area (Å²) in [5.74, 6) is -0.0408. The SMILES string of the molecule is CC(C)(C)OC(=O)N1CCOCC1CC(=O)c1ccc(Cl)s1. The number of Topliss-reactive ketones (excluding diaryl/α,β-unsaturated/α-hetero) is 1. The van der Waals surface area contributed by atoms with Crippen molar-refractivity contribution in [2.75, 3.05) is 19.8 Å². The average molecular weight is 346 g/mol. The minimum absolute atomic E-state index is 0.0408. The Labute approximate surface area is 139 Å². The van der Waals surface area contributed by atoms with Gasteiger partial charge >= 0.3 is 6.09 Å². The van der Waals surface area contributed by atoms with E-state index in [9.17, 15) is 9.59 Å². The Balaban J connectivity index is 2.03. The van der Waals surface area contributed by atoms with E-state index in [1.807, 2.05) is 20.8 Å². The molecule has 1 aliphatic heterocycles. The summed E-state index contributed by atoms with van der Waals surface area (Å²) < 4.78 is 11.4. The van der Waals surface area contributed by atoms with Crippen LogP contribution in [-0.4, -0.2) is 48.2 Å². The maximum atomic E-state index is 12.3. The highest BCUT2D eigenvalue weighted by molar-refractivity contribution is 7.18. The molecule has 0 N–H and O–H groups in total. The highest BCUT2D eigenvalue weighted by Crippen LogP contribution is 2.24. The maximum Gasteiger partial charge on any atom is 0.410 e. The van der Waals surface area contributed by atoms with Gasteiger partial charge in [-0.15, -0.1) is 11.3 Å². The number of morpholine rings is 1. The van der Waals surface area contributed by atoms with E-state index in [1.54, 1.807) is 17.0 Å². The van der Waals surface area contributed by atoms with Gasteiger partial charge in [0, 0.05) is 13.0 Å². The topological polar surface area (TPSA) is 55.8 Å². The van der Waals surface area contributed by atoms with Crippen LogP contribution in [0.15, 0.2) is 12.1 Å². The van der Waals surface area contributed by atoms with Gasteiger partial charge in [-0.1, -0.05) is 11.6 Å². The summed E-state index contributed by atoms with van der Waals surface area (Å²) in [5.41, 5.74) is -0.564. The first-order chi connectivity index (χ1) is 10.3. The Morgan fingerprint density at radius 1 is 1.45 bits per heavy atom. The van der Waals surface area contributed by atoms with E-state index in [0.717, 1.165) is 0 Å². The van der Waals surface area contributed by atoms with Gasteiger partial charge in [0.25, 0.3) is 0 Å². The van der Waals surface area contributed by atoms with Crippen LogP contribution in [0.5, 0.6) is 0 Å². The molecule has 2 heterocycles. The van der Waals surface area contributed by atoms with Gasteiger partial charge in [-0.25, -0.2) is 4.79 Å². The molecule has 0 bridgehead atoms. The fourth-order valence-corrected chi connectivity index (χ4v) is 3.16. The van der Waals surface area contributed by atoms with Gasteiger partial charge in [0.05, 0.1) is 28.5 Å². The van der Waals surface area contributed by atoms with Gasteiger partial charge < -0.3 is 14.4 Å². The molecule has 5 nitrogen and oxygen atoms in total. The van der Waals surface area contributed by atoms with Crippen molar-refractivity contribution < 1.29 is 19.1 Å². The monoisotopic (exact) mass is 345 g/mol. The number of hydrogen-bond acceptors (Lipinski definition) is 5. The van der Waals surface area contributed by atoms with Crippen molar-refractivity contribution in [1.82, 2.24) is 4.90 Å². The summed E-state index contributed by atoms with van der Waals surface area (Å²) in [4.78, 5) is 26.7. The van der Waals surface area contributed by atoms with Crippen molar-refractivity contribution in [3.05, 3.63) is 21.3 Å². The first kappa shape index (κ1) is 17.2. The lowest BCUT2D eigenvalue weighted by molar-refractivity contribution is -0.0322. The fraction of sp³-hybridized carbons (Fsp3) is 0.600. The average Bonchev–Trinajstić information content (AvgIpc) is 2.84. The second kappa shape index (κ2) is 6.98. The molecule has 2 rings (SSSR count). The lowest BCUT2D eigenvalue weighted by Crippen LogP contribution is -2.51. The summed E-state index contributed by atoms with van der Waals surface area (Å²) in [6.45, 7) is 6.67. The molecule has 0 spiro atoms. The molecule has 1 atom stereocenters. The number of ketones is 1. The third-order valence-corrected chi connectivity index (χ3v) is 4.40. The number of halogens is 1. The predicted molar refractivity (Wildman–Crippen MR) is 85.8 cm³/mol. The Bertz CT molecular complexity index is 552. The van der Waals surface area contributed by atoms with Crippen molar-refractivity contribution in [2.24, 2.45) is 0 Å². The number of amides is 1. The molecule has 1 aromatic rings. The second-order valence-electron chi connectivity index (χ2n) is 6.13. The Morgan fingerprint density at radius 2 is 2.18 bits per heavy atom. The highest BCUT2D eigenvalue weighted by atomic mass is 35.5. The van der Waals surface area contributed by atoms with Gasteiger partial charge in [0.1, 0.15) is 5.60 Å². The normalized spacial score (nSPS) is 19.1. The van der Waals surface area contributed by atoms with E-state index in [0.29, 0.717) is 29.0 Å². The minimum Gasteiger partial charge on any atom is -0.444 e. The first-order valence-corrected chi connectivity index (χ1v) is 8.31. The molecule has 0 aromatic carbocycles. The lowest BCUT2D eigenvalue weighted by atomic mass is 10.1. The van der Waals surface area contributed by atoms with Crippen LogP contribution in [0.4, 0.5) is 4.79 Å². The first-order valence-electron chi connectivity index (χ1n) is 7.12. The molecule has 1 aromatic heterocycles. The number of nitrogens with zero attached hydrogens (tertiary/aromatic N) is 1. The van der Waals surface area contributed by atoms with Crippen LogP contribution in [0.1, 0.15) is 36.9 Å². The van der Waals surface area contributed by atoms with Crippen molar-refractivity contribution in [1.29, 1.82) is 0 Å². The molecule has 22 heavy (non-hydrogen) atoms. The predicted octanol–water partition coefficient (Wildman–Crippen LogP) is 3.61. The van der Waals surface area contributed by atoms with Crippen LogP contribution in [0.3, 0.4) is 0 Å². The summed E-state index contributed by atoms with van der Waals surface area (Å²) in [7, 11) is 0. The van der Waals surface area contributed by atoms with Gasteiger partial charge in [-0.2, -0.15) is 0 Å². The number of hydrogen-bond donors (Lipinski definition) is 0. The standard InChI is InChI=1S/C15H20ClNO4S/c1-15(2,3)21-14(19)17-6-7-20-9-10(17)8-11(18)12-4-5-13(16)22-12/h4-5,10H,6-9H2,1-3H3. The second-order valence-corrected chi connectivity index (χ2v) is 7.85. The Kier molecular flexibility index (Phi) is 5.47. The quantitative estimate of drug-likeness (QED) is 0.785. The van der Waals surface area contributed by atoms with Crippen LogP contribution in [0.2, 0.25) is 4.34 Å². The van der Waals surface area contributed by atoms with E-state index in [1.165, 1.54) is 11.3 Å². The van der Waals surface area contributed by atoms with E-state index in [4.69, 9.17) is 21.1 Å². The molecule has 7 heteroatoms. The summed E-state index contributed by atoms with van der Waals surface area (Å²) >= 11 is 7.10. The highest BCUT2D eigenvalue weighted by Gasteiger charge is 2.32. The number of carbonyl (C=O) groups is 2. The molecular weight excluding hydrogens is 326 g/mol. The molecular formula is C15H20ClNO4S. The Morgan fingerprint density at radius 3 is 2.77 bits per heavy atom. The van der Waals surface area contributed by atoms with Gasteiger partial charge in [0.2, 0.25) is 0 Å². The van der Waals surface area contributed by atoms with Crippen molar-refractivity contribution in [3.8, 4) is 0 Å². The fourth-order valence-electron chi connectivity index (χ4n) is 2.16. The molecule has 0 radical (unpaired) electrons. The largest absolute Gasteiger partial charge is 0.444 e. The zero-order valence-electron chi connectivity index (χ0n) is 12.9. The summed E-state index contributed by atoms with van der Waals surface area (Å²) in [5, 5.41) is 0. The summed E-state index contributed by atoms with van der Waals surface area (Å²) in [6.07, 6.45) is -0.200. The van der Waals surface area contributed by atoms with Crippen LogP contribution in [0, 0.1) is 0 Å². The molecule has 1 saturated heterocycles. The van der Waals surface area contributed by atoms with E-state index in [-0.39, 0.29) is 18.2 Å².